The molecule has 0 spiro atoms. The van der Waals surface area contributed by atoms with Crippen LogP contribution in [0.25, 0.3) is 0 Å². The molecule has 0 N–H and O–H groups in total. The number of nitrogens with zero attached hydrogens (tertiary/aromatic N) is 4. The van der Waals surface area contributed by atoms with E-state index < -0.39 is 5.60 Å². The van der Waals surface area contributed by atoms with Gasteiger partial charge >= 0.3 is 12.1 Å². The van der Waals surface area contributed by atoms with Gasteiger partial charge in [0.05, 0.1) is 12.2 Å². The van der Waals surface area contributed by atoms with E-state index in [0.29, 0.717) is 31.7 Å². The van der Waals surface area contributed by atoms with E-state index >= 15 is 0 Å². The van der Waals surface area contributed by atoms with Crippen LogP contribution in [0.3, 0.4) is 0 Å². The number of amides is 1. The Kier molecular flexibility index (Phi) is 5.65. The average Bonchev–Trinajstić information content (AvgIpc) is 3.05. The van der Waals surface area contributed by atoms with Crippen molar-refractivity contribution in [1.29, 1.82) is 0 Å². The molecule has 2 aliphatic rings. The molecule has 1 amide bonds. The van der Waals surface area contributed by atoms with Gasteiger partial charge in [0, 0.05) is 18.8 Å². The number of fused-ring (bicyclic) bond motifs is 1. The third-order valence-electron chi connectivity index (χ3n) is 4.89. The van der Waals surface area contributed by atoms with Crippen molar-refractivity contribution < 1.29 is 14.3 Å². The van der Waals surface area contributed by atoms with E-state index in [2.05, 4.69) is 21.8 Å². The maximum atomic E-state index is 12.3. The molecule has 0 saturated carbocycles. The Bertz CT molecular complexity index is 644. The molecular formula is C19H30N4O3. The summed E-state index contributed by atoms with van der Waals surface area (Å²) in [6.07, 6.45) is 4.65. The van der Waals surface area contributed by atoms with Crippen molar-refractivity contribution in [1.82, 2.24) is 19.8 Å². The van der Waals surface area contributed by atoms with Gasteiger partial charge in [0.15, 0.2) is 0 Å². The summed E-state index contributed by atoms with van der Waals surface area (Å²) < 4.78 is 11.3. The number of carbonyl (C=O) groups excluding carboxylic acids is 1. The summed E-state index contributed by atoms with van der Waals surface area (Å²) in [7, 11) is 0. The lowest BCUT2D eigenvalue weighted by Gasteiger charge is -2.30. The van der Waals surface area contributed by atoms with Gasteiger partial charge < -0.3 is 14.4 Å². The summed E-state index contributed by atoms with van der Waals surface area (Å²) in [6, 6.07) is 0.843. The molecule has 1 atom stereocenters. The Morgan fingerprint density at radius 2 is 2.15 bits per heavy atom. The van der Waals surface area contributed by atoms with E-state index in [0.717, 1.165) is 37.2 Å². The molecule has 0 aromatic carbocycles. The molecule has 0 radical (unpaired) electrons. The minimum atomic E-state index is -0.496. The van der Waals surface area contributed by atoms with Crippen LogP contribution in [0, 0.1) is 0 Å². The molecule has 7 heteroatoms. The molecule has 0 unspecified atom stereocenters. The largest absolute Gasteiger partial charge is 0.462 e. The second-order valence-electron chi connectivity index (χ2n) is 8.01. The van der Waals surface area contributed by atoms with Gasteiger partial charge in [-0.2, -0.15) is 4.98 Å². The monoisotopic (exact) mass is 362 g/mol. The zero-order chi connectivity index (χ0) is 18.7. The first-order chi connectivity index (χ1) is 12.4. The predicted octanol–water partition coefficient (Wildman–Crippen LogP) is 2.63. The predicted molar refractivity (Wildman–Crippen MR) is 98.1 cm³/mol. The van der Waals surface area contributed by atoms with E-state index in [1.807, 2.05) is 27.0 Å². The van der Waals surface area contributed by atoms with Crippen molar-refractivity contribution in [2.24, 2.45) is 0 Å². The molecule has 1 saturated heterocycles. The van der Waals surface area contributed by atoms with Crippen LogP contribution in [0.5, 0.6) is 6.01 Å². The highest BCUT2D eigenvalue weighted by Gasteiger charge is 2.27. The van der Waals surface area contributed by atoms with Crippen LogP contribution in [0.4, 0.5) is 4.79 Å². The molecular weight excluding hydrogens is 332 g/mol. The Hall–Kier alpha value is -1.89. The van der Waals surface area contributed by atoms with Crippen LogP contribution in [-0.4, -0.2) is 63.7 Å². The lowest BCUT2D eigenvalue weighted by atomic mass is 10.1. The van der Waals surface area contributed by atoms with Gasteiger partial charge in [0.25, 0.3) is 0 Å². The maximum absolute atomic E-state index is 12.3. The minimum Gasteiger partial charge on any atom is -0.462 e. The van der Waals surface area contributed by atoms with Gasteiger partial charge in [-0.05, 0) is 58.7 Å². The van der Waals surface area contributed by atoms with Crippen molar-refractivity contribution in [3.63, 3.8) is 0 Å². The molecule has 144 valence electrons. The van der Waals surface area contributed by atoms with Gasteiger partial charge in [-0.1, -0.05) is 6.92 Å². The fraction of sp³-hybridized carbons (Fsp3) is 0.737. The SMILES string of the molecule is CCN1CCC[C@H]1COc1ncc2c(n1)CN(C(=O)OC(C)(C)C)CC2. The van der Waals surface area contributed by atoms with Crippen LogP contribution >= 0.6 is 0 Å². The van der Waals surface area contributed by atoms with Gasteiger partial charge in [-0.15, -0.1) is 0 Å². The summed E-state index contributed by atoms with van der Waals surface area (Å²) in [5.41, 5.74) is 1.43. The molecule has 3 heterocycles. The molecule has 0 aliphatic carbocycles. The van der Waals surface area contributed by atoms with Crippen LogP contribution in [-0.2, 0) is 17.7 Å². The molecule has 26 heavy (non-hydrogen) atoms. The molecule has 1 fully saturated rings. The zero-order valence-electron chi connectivity index (χ0n) is 16.3. The lowest BCUT2D eigenvalue weighted by Crippen LogP contribution is -2.40. The Balaban J connectivity index is 1.61. The van der Waals surface area contributed by atoms with Gasteiger partial charge in [-0.3, -0.25) is 4.90 Å². The Morgan fingerprint density at radius 1 is 1.35 bits per heavy atom. The summed E-state index contributed by atoms with van der Waals surface area (Å²) >= 11 is 0. The molecule has 0 bridgehead atoms. The van der Waals surface area contributed by atoms with Crippen LogP contribution in [0.15, 0.2) is 6.20 Å². The number of hydrogen-bond donors (Lipinski definition) is 0. The van der Waals surface area contributed by atoms with Gasteiger partial charge in [0.2, 0.25) is 0 Å². The number of likely N-dealkylation sites (tertiary alicyclic amines) is 1. The van der Waals surface area contributed by atoms with E-state index in [9.17, 15) is 4.79 Å². The van der Waals surface area contributed by atoms with Crippen LogP contribution in [0.2, 0.25) is 0 Å². The summed E-state index contributed by atoms with van der Waals surface area (Å²) in [6.45, 7) is 11.7. The van der Waals surface area contributed by atoms with Crippen LogP contribution in [0.1, 0.15) is 51.8 Å². The fourth-order valence-electron chi connectivity index (χ4n) is 3.51. The highest BCUT2D eigenvalue weighted by atomic mass is 16.6. The third kappa shape index (κ3) is 4.63. The minimum absolute atomic E-state index is 0.297. The fourth-order valence-corrected chi connectivity index (χ4v) is 3.51. The number of hydrogen-bond acceptors (Lipinski definition) is 6. The standard InChI is InChI=1S/C19H30N4O3/c1-5-22-9-6-7-15(22)13-25-17-20-11-14-8-10-23(12-16(14)21-17)18(24)26-19(2,3)4/h11,15H,5-10,12-13H2,1-4H3/t15-/m0/s1. The van der Waals surface area contributed by atoms with Crippen molar-refractivity contribution in [3.8, 4) is 6.01 Å². The highest BCUT2D eigenvalue weighted by molar-refractivity contribution is 5.68. The molecule has 1 aromatic heterocycles. The van der Waals surface area contributed by atoms with Crippen molar-refractivity contribution in [2.45, 2.75) is 65.1 Å². The zero-order valence-corrected chi connectivity index (χ0v) is 16.3. The van der Waals surface area contributed by atoms with E-state index in [1.165, 1.54) is 6.42 Å². The van der Waals surface area contributed by atoms with Crippen molar-refractivity contribution in [2.75, 3.05) is 26.2 Å². The topological polar surface area (TPSA) is 67.8 Å². The molecule has 3 rings (SSSR count). The van der Waals surface area contributed by atoms with Gasteiger partial charge in [-0.25, -0.2) is 9.78 Å². The number of likely N-dealkylation sites (N-methyl/N-ethyl adjacent to an activating group) is 1. The highest BCUT2D eigenvalue weighted by Crippen LogP contribution is 2.22. The number of rotatable bonds is 4. The molecule has 2 aliphatic heterocycles. The second-order valence-corrected chi connectivity index (χ2v) is 8.01. The molecule has 7 nitrogen and oxygen atoms in total. The summed E-state index contributed by atoms with van der Waals surface area (Å²) in [4.78, 5) is 25.3. The Morgan fingerprint density at radius 3 is 2.88 bits per heavy atom. The number of ether oxygens (including phenoxy) is 2. The Labute approximate surface area is 155 Å². The van der Waals surface area contributed by atoms with E-state index in [1.54, 1.807) is 4.90 Å². The summed E-state index contributed by atoms with van der Waals surface area (Å²) in [5, 5.41) is 0. The lowest BCUT2D eigenvalue weighted by molar-refractivity contribution is 0.0219. The van der Waals surface area contributed by atoms with Crippen molar-refractivity contribution in [3.05, 3.63) is 17.5 Å². The second kappa shape index (κ2) is 7.78. The quantitative estimate of drug-likeness (QED) is 0.820. The summed E-state index contributed by atoms with van der Waals surface area (Å²) in [5.74, 6) is 0. The number of carbonyl (C=O) groups is 1. The number of aromatic nitrogens is 2. The smallest absolute Gasteiger partial charge is 0.410 e. The van der Waals surface area contributed by atoms with Gasteiger partial charge in [0.1, 0.15) is 12.2 Å². The van der Waals surface area contributed by atoms with Crippen LogP contribution < -0.4 is 4.74 Å². The first-order valence-corrected chi connectivity index (χ1v) is 9.55. The maximum Gasteiger partial charge on any atom is 0.410 e. The van der Waals surface area contributed by atoms with Crippen molar-refractivity contribution >= 4 is 6.09 Å². The van der Waals surface area contributed by atoms with E-state index in [-0.39, 0.29) is 6.09 Å². The normalized spacial score (nSPS) is 20.8. The first kappa shape index (κ1) is 18.9. The van der Waals surface area contributed by atoms with E-state index in [4.69, 9.17) is 9.47 Å². The first-order valence-electron chi connectivity index (χ1n) is 9.55. The average molecular weight is 362 g/mol. The molecule has 1 aromatic rings. The third-order valence-corrected chi connectivity index (χ3v) is 4.89.